The number of benzene rings is 1. The molecule has 3 nitrogen and oxygen atoms in total. The Bertz CT molecular complexity index is 425. The van der Waals surface area contributed by atoms with E-state index in [9.17, 15) is 9.18 Å². The summed E-state index contributed by atoms with van der Waals surface area (Å²) in [6, 6.07) is 6.63. The van der Waals surface area contributed by atoms with E-state index in [0.29, 0.717) is 10.6 Å². The molecule has 1 amide bonds. The van der Waals surface area contributed by atoms with Gasteiger partial charge in [0.15, 0.2) is 0 Å². The zero-order valence-corrected chi connectivity index (χ0v) is 11.7. The van der Waals surface area contributed by atoms with E-state index in [1.807, 2.05) is 13.8 Å². The number of thioether (sulfide) groups is 1. The molecular weight excluding hydrogens is 251 g/mol. The largest absolute Gasteiger partial charge is 0.368 e. The van der Waals surface area contributed by atoms with E-state index in [4.69, 9.17) is 5.73 Å². The molecule has 3 N–H and O–H groups in total. The molecule has 0 heterocycles. The van der Waals surface area contributed by atoms with Crippen LogP contribution in [0.3, 0.4) is 0 Å². The number of carbonyl (C=O) groups is 1. The third-order valence-corrected chi connectivity index (χ3v) is 3.87. The van der Waals surface area contributed by atoms with Gasteiger partial charge in [0.05, 0.1) is 0 Å². The lowest BCUT2D eigenvalue weighted by Gasteiger charge is -2.29. The molecule has 1 atom stereocenters. The molecule has 0 spiro atoms. The van der Waals surface area contributed by atoms with Crippen LogP contribution in [0.1, 0.15) is 20.8 Å². The lowest BCUT2D eigenvalue weighted by Crippen LogP contribution is -2.57. The number of carbonyl (C=O) groups excluding carboxylic acids is 1. The molecule has 18 heavy (non-hydrogen) atoms. The summed E-state index contributed by atoms with van der Waals surface area (Å²) >= 11 is 1.29. The van der Waals surface area contributed by atoms with E-state index in [1.54, 1.807) is 25.1 Å². The summed E-state index contributed by atoms with van der Waals surface area (Å²) in [5.41, 5.74) is 4.57. The van der Waals surface area contributed by atoms with Crippen LogP contribution in [0.4, 0.5) is 4.39 Å². The summed E-state index contributed by atoms with van der Waals surface area (Å²) in [6.45, 7) is 5.62. The SMILES string of the molecule is CC(C)NC(C)(CSc1ccccc1F)C(N)=O. The summed E-state index contributed by atoms with van der Waals surface area (Å²) < 4.78 is 13.5. The maximum absolute atomic E-state index is 13.5. The van der Waals surface area contributed by atoms with Crippen molar-refractivity contribution in [1.82, 2.24) is 5.32 Å². The second kappa shape index (κ2) is 6.20. The van der Waals surface area contributed by atoms with E-state index in [-0.39, 0.29) is 11.9 Å². The third kappa shape index (κ3) is 3.99. The van der Waals surface area contributed by atoms with Crippen molar-refractivity contribution in [2.24, 2.45) is 5.73 Å². The van der Waals surface area contributed by atoms with Crippen molar-refractivity contribution >= 4 is 17.7 Å². The highest BCUT2D eigenvalue weighted by Crippen LogP contribution is 2.25. The van der Waals surface area contributed by atoms with Crippen LogP contribution in [-0.4, -0.2) is 23.2 Å². The predicted octanol–water partition coefficient (Wildman–Crippen LogP) is 2.16. The molecule has 1 aromatic rings. The minimum Gasteiger partial charge on any atom is -0.368 e. The summed E-state index contributed by atoms with van der Waals surface area (Å²) in [5, 5.41) is 3.13. The molecule has 0 aromatic heterocycles. The van der Waals surface area contributed by atoms with Gasteiger partial charge in [0.1, 0.15) is 11.4 Å². The van der Waals surface area contributed by atoms with Crippen LogP contribution >= 0.6 is 11.8 Å². The molecule has 0 fully saturated rings. The normalized spacial score (nSPS) is 14.5. The topological polar surface area (TPSA) is 55.1 Å². The van der Waals surface area contributed by atoms with Gasteiger partial charge in [-0.3, -0.25) is 4.79 Å². The number of nitrogens with two attached hydrogens (primary N) is 1. The first kappa shape index (κ1) is 15.0. The van der Waals surface area contributed by atoms with Crippen molar-refractivity contribution in [2.75, 3.05) is 5.75 Å². The molecule has 0 aliphatic heterocycles. The Balaban J connectivity index is 2.75. The Kier molecular flexibility index (Phi) is 5.16. The fourth-order valence-electron chi connectivity index (χ4n) is 1.60. The first-order chi connectivity index (χ1) is 8.35. The van der Waals surface area contributed by atoms with Crippen molar-refractivity contribution in [2.45, 2.75) is 37.2 Å². The van der Waals surface area contributed by atoms with Gasteiger partial charge in [-0.2, -0.15) is 0 Å². The Hall–Kier alpha value is -1.07. The molecule has 0 bridgehead atoms. The third-order valence-electron chi connectivity index (χ3n) is 2.50. The quantitative estimate of drug-likeness (QED) is 0.779. The predicted molar refractivity (Wildman–Crippen MR) is 73.0 cm³/mol. The summed E-state index contributed by atoms with van der Waals surface area (Å²) in [5.74, 6) is -0.319. The second-order valence-corrected chi connectivity index (χ2v) is 5.73. The average molecular weight is 270 g/mol. The first-order valence-corrected chi connectivity index (χ1v) is 6.78. The number of primary amides is 1. The van der Waals surface area contributed by atoms with Gasteiger partial charge in [0, 0.05) is 16.7 Å². The first-order valence-electron chi connectivity index (χ1n) is 5.80. The molecule has 0 saturated heterocycles. The molecule has 0 aliphatic rings. The Labute approximate surface area is 111 Å². The van der Waals surface area contributed by atoms with E-state index < -0.39 is 11.4 Å². The van der Waals surface area contributed by atoms with Gasteiger partial charge in [-0.05, 0) is 32.9 Å². The highest BCUT2D eigenvalue weighted by atomic mass is 32.2. The maximum Gasteiger partial charge on any atom is 0.238 e. The zero-order valence-electron chi connectivity index (χ0n) is 10.9. The highest BCUT2D eigenvalue weighted by Gasteiger charge is 2.31. The summed E-state index contributed by atoms with van der Waals surface area (Å²) in [4.78, 5) is 12.0. The van der Waals surface area contributed by atoms with Gasteiger partial charge in [0.25, 0.3) is 0 Å². The van der Waals surface area contributed by atoms with Crippen LogP contribution in [0.2, 0.25) is 0 Å². The van der Waals surface area contributed by atoms with Crippen molar-refractivity contribution < 1.29 is 9.18 Å². The molecule has 1 aromatic carbocycles. The van der Waals surface area contributed by atoms with Crippen molar-refractivity contribution in [1.29, 1.82) is 0 Å². The van der Waals surface area contributed by atoms with E-state index in [0.717, 1.165) is 0 Å². The lowest BCUT2D eigenvalue weighted by atomic mass is 10.0. The zero-order chi connectivity index (χ0) is 13.8. The van der Waals surface area contributed by atoms with Crippen molar-refractivity contribution in [3.63, 3.8) is 0 Å². The Morgan fingerprint density at radius 2 is 2.11 bits per heavy atom. The highest BCUT2D eigenvalue weighted by molar-refractivity contribution is 7.99. The van der Waals surface area contributed by atoms with E-state index in [1.165, 1.54) is 17.8 Å². The molecule has 0 aliphatic carbocycles. The average Bonchev–Trinajstić information content (AvgIpc) is 2.27. The minimum absolute atomic E-state index is 0.128. The number of amides is 1. The van der Waals surface area contributed by atoms with Gasteiger partial charge in [-0.25, -0.2) is 4.39 Å². The van der Waals surface area contributed by atoms with E-state index >= 15 is 0 Å². The van der Waals surface area contributed by atoms with Crippen LogP contribution in [0.15, 0.2) is 29.2 Å². The molecule has 1 unspecified atom stereocenters. The van der Waals surface area contributed by atoms with Gasteiger partial charge >= 0.3 is 0 Å². The second-order valence-electron chi connectivity index (χ2n) is 4.71. The van der Waals surface area contributed by atoms with Gasteiger partial charge in [-0.15, -0.1) is 11.8 Å². The standard InChI is InChI=1S/C13H19FN2OS/c1-9(2)16-13(3,12(15)17)8-18-11-7-5-4-6-10(11)14/h4-7,9,16H,8H2,1-3H3,(H2,15,17). The van der Waals surface area contributed by atoms with Crippen LogP contribution in [0.5, 0.6) is 0 Å². The summed E-state index contributed by atoms with van der Waals surface area (Å²) in [7, 11) is 0. The van der Waals surface area contributed by atoms with Gasteiger partial charge in [-0.1, -0.05) is 12.1 Å². The molecule has 5 heteroatoms. The Morgan fingerprint density at radius 3 is 2.61 bits per heavy atom. The van der Waals surface area contributed by atoms with Gasteiger partial charge in [0.2, 0.25) is 5.91 Å². The van der Waals surface area contributed by atoms with Crippen molar-refractivity contribution in [3.05, 3.63) is 30.1 Å². The van der Waals surface area contributed by atoms with Crippen LogP contribution in [0, 0.1) is 5.82 Å². The maximum atomic E-state index is 13.5. The van der Waals surface area contributed by atoms with Crippen LogP contribution < -0.4 is 11.1 Å². The Morgan fingerprint density at radius 1 is 1.50 bits per heavy atom. The molecule has 1 rings (SSSR count). The summed E-state index contributed by atoms with van der Waals surface area (Å²) in [6.07, 6.45) is 0. The van der Waals surface area contributed by atoms with Crippen molar-refractivity contribution in [3.8, 4) is 0 Å². The fourth-order valence-corrected chi connectivity index (χ4v) is 2.66. The minimum atomic E-state index is -0.846. The van der Waals surface area contributed by atoms with Crippen LogP contribution in [0.25, 0.3) is 0 Å². The number of nitrogens with one attached hydrogen (secondary N) is 1. The lowest BCUT2D eigenvalue weighted by molar-refractivity contribution is -0.123. The molecular formula is C13H19FN2OS. The number of hydrogen-bond donors (Lipinski definition) is 2. The molecule has 0 radical (unpaired) electrons. The monoisotopic (exact) mass is 270 g/mol. The van der Waals surface area contributed by atoms with E-state index in [2.05, 4.69) is 5.32 Å². The smallest absolute Gasteiger partial charge is 0.238 e. The number of halogens is 1. The van der Waals surface area contributed by atoms with Gasteiger partial charge < -0.3 is 11.1 Å². The molecule has 100 valence electrons. The number of rotatable bonds is 6. The fraction of sp³-hybridized carbons (Fsp3) is 0.462. The van der Waals surface area contributed by atoms with Crippen LogP contribution in [-0.2, 0) is 4.79 Å². The molecule has 0 saturated carbocycles. The number of hydrogen-bond acceptors (Lipinski definition) is 3.